The highest BCUT2D eigenvalue weighted by atomic mass is 16.5. The van der Waals surface area contributed by atoms with Crippen molar-refractivity contribution in [1.29, 1.82) is 0 Å². The van der Waals surface area contributed by atoms with Gasteiger partial charge in [0.15, 0.2) is 0 Å². The Balaban J connectivity index is 2.07. The van der Waals surface area contributed by atoms with Crippen LogP contribution in [0.25, 0.3) is 0 Å². The van der Waals surface area contributed by atoms with E-state index in [0.717, 1.165) is 37.7 Å². The predicted molar refractivity (Wildman–Crippen MR) is 67.4 cm³/mol. The van der Waals surface area contributed by atoms with E-state index in [4.69, 9.17) is 10.5 Å². The van der Waals surface area contributed by atoms with Crippen LogP contribution in [-0.2, 0) is 4.74 Å². The highest BCUT2D eigenvalue weighted by Gasteiger charge is 1.95. The van der Waals surface area contributed by atoms with Crippen molar-refractivity contribution in [2.75, 3.05) is 30.8 Å². The first-order chi connectivity index (χ1) is 7.68. The molecule has 0 aliphatic rings. The summed E-state index contributed by atoms with van der Waals surface area (Å²) >= 11 is 0. The van der Waals surface area contributed by atoms with E-state index in [1.54, 1.807) is 12.3 Å². The van der Waals surface area contributed by atoms with Gasteiger partial charge in [0.2, 0.25) is 0 Å². The van der Waals surface area contributed by atoms with E-state index in [9.17, 15) is 0 Å². The molecule has 0 bridgehead atoms. The molecule has 0 aliphatic heterocycles. The predicted octanol–water partition coefficient (Wildman–Crippen LogP) is 2.14. The first kappa shape index (κ1) is 12.8. The highest BCUT2D eigenvalue weighted by Crippen LogP contribution is 2.07. The molecule has 0 aromatic carbocycles. The molecule has 90 valence electrons. The summed E-state index contributed by atoms with van der Waals surface area (Å²) in [4.78, 5) is 4.15. The zero-order valence-electron chi connectivity index (χ0n) is 10.1. The van der Waals surface area contributed by atoms with Crippen LogP contribution in [0.4, 0.5) is 11.5 Å². The Kier molecular flexibility index (Phi) is 5.64. The second-order valence-corrected chi connectivity index (χ2v) is 4.22. The van der Waals surface area contributed by atoms with Crippen LogP contribution in [0, 0.1) is 5.92 Å². The minimum atomic E-state index is 0.601. The topological polar surface area (TPSA) is 60.2 Å². The van der Waals surface area contributed by atoms with Crippen molar-refractivity contribution < 1.29 is 4.74 Å². The van der Waals surface area contributed by atoms with Gasteiger partial charge in [-0.05, 0) is 18.4 Å². The summed E-state index contributed by atoms with van der Waals surface area (Å²) in [6, 6.07) is 3.60. The van der Waals surface area contributed by atoms with Gasteiger partial charge in [-0.15, -0.1) is 0 Å². The van der Waals surface area contributed by atoms with Crippen LogP contribution in [0.1, 0.15) is 20.3 Å². The number of rotatable bonds is 7. The number of nitrogens with one attached hydrogen (secondary N) is 1. The van der Waals surface area contributed by atoms with Gasteiger partial charge in [-0.2, -0.15) is 0 Å². The van der Waals surface area contributed by atoms with E-state index in [2.05, 4.69) is 24.1 Å². The minimum absolute atomic E-state index is 0.601. The van der Waals surface area contributed by atoms with Crippen molar-refractivity contribution in [1.82, 2.24) is 4.98 Å². The first-order valence-corrected chi connectivity index (χ1v) is 5.71. The SMILES string of the molecule is CC(C)COCCCNc1cc(N)ccn1. The highest BCUT2D eigenvalue weighted by molar-refractivity contribution is 5.48. The molecule has 0 unspecified atom stereocenters. The summed E-state index contributed by atoms with van der Waals surface area (Å²) in [7, 11) is 0. The number of nitrogens with zero attached hydrogens (tertiary/aromatic N) is 1. The fraction of sp³-hybridized carbons (Fsp3) is 0.583. The van der Waals surface area contributed by atoms with Gasteiger partial charge in [0, 0.05) is 37.7 Å². The van der Waals surface area contributed by atoms with E-state index in [1.807, 2.05) is 6.07 Å². The Morgan fingerprint density at radius 1 is 1.50 bits per heavy atom. The molecule has 0 saturated carbocycles. The summed E-state index contributed by atoms with van der Waals surface area (Å²) in [5.41, 5.74) is 6.37. The number of hydrogen-bond acceptors (Lipinski definition) is 4. The van der Waals surface area contributed by atoms with Crippen LogP contribution in [0.15, 0.2) is 18.3 Å². The molecule has 1 aromatic heterocycles. The second-order valence-electron chi connectivity index (χ2n) is 4.22. The molecule has 1 rings (SSSR count). The van der Waals surface area contributed by atoms with E-state index in [1.165, 1.54) is 0 Å². The molecule has 0 radical (unpaired) electrons. The lowest BCUT2D eigenvalue weighted by atomic mass is 10.2. The van der Waals surface area contributed by atoms with Crippen LogP contribution in [0.2, 0.25) is 0 Å². The summed E-state index contributed by atoms with van der Waals surface area (Å²) < 4.78 is 5.47. The van der Waals surface area contributed by atoms with Gasteiger partial charge >= 0.3 is 0 Å². The largest absolute Gasteiger partial charge is 0.399 e. The Morgan fingerprint density at radius 3 is 3.00 bits per heavy atom. The Bertz CT molecular complexity index is 302. The van der Waals surface area contributed by atoms with Crippen LogP contribution >= 0.6 is 0 Å². The van der Waals surface area contributed by atoms with Crippen LogP contribution in [0.5, 0.6) is 0 Å². The lowest BCUT2D eigenvalue weighted by Crippen LogP contribution is -2.09. The van der Waals surface area contributed by atoms with Crippen LogP contribution < -0.4 is 11.1 Å². The normalized spacial score (nSPS) is 10.7. The fourth-order valence-electron chi connectivity index (χ4n) is 1.25. The van der Waals surface area contributed by atoms with Crippen LogP contribution in [-0.4, -0.2) is 24.7 Å². The number of anilines is 2. The van der Waals surface area contributed by atoms with Crippen molar-refractivity contribution in [3.63, 3.8) is 0 Å². The minimum Gasteiger partial charge on any atom is -0.399 e. The van der Waals surface area contributed by atoms with Crippen molar-refractivity contribution >= 4 is 11.5 Å². The molecule has 4 nitrogen and oxygen atoms in total. The fourth-order valence-corrected chi connectivity index (χ4v) is 1.25. The number of ether oxygens (including phenoxy) is 1. The number of aromatic nitrogens is 1. The van der Waals surface area contributed by atoms with E-state index < -0.39 is 0 Å². The van der Waals surface area contributed by atoms with Gasteiger partial charge in [-0.25, -0.2) is 4.98 Å². The molecule has 0 saturated heterocycles. The Morgan fingerprint density at radius 2 is 2.31 bits per heavy atom. The van der Waals surface area contributed by atoms with Gasteiger partial charge in [0.05, 0.1) is 0 Å². The number of nitrogen functional groups attached to an aromatic ring is 1. The number of pyridine rings is 1. The maximum absolute atomic E-state index is 5.64. The van der Waals surface area contributed by atoms with E-state index in [-0.39, 0.29) is 0 Å². The molecule has 0 aliphatic carbocycles. The summed E-state index contributed by atoms with van der Waals surface area (Å²) in [6.45, 7) is 6.77. The maximum atomic E-state index is 5.64. The Hall–Kier alpha value is -1.29. The molecule has 4 heteroatoms. The lowest BCUT2D eigenvalue weighted by Gasteiger charge is -2.08. The van der Waals surface area contributed by atoms with Gasteiger partial charge in [-0.3, -0.25) is 0 Å². The molecule has 0 spiro atoms. The third-order valence-electron chi connectivity index (χ3n) is 2.01. The first-order valence-electron chi connectivity index (χ1n) is 5.71. The van der Waals surface area contributed by atoms with Crippen molar-refractivity contribution in [3.8, 4) is 0 Å². The summed E-state index contributed by atoms with van der Waals surface area (Å²) in [5.74, 6) is 1.42. The average Bonchev–Trinajstić information content (AvgIpc) is 2.23. The van der Waals surface area contributed by atoms with Crippen molar-refractivity contribution in [2.24, 2.45) is 5.92 Å². The standard InChI is InChI=1S/C12H21N3O/c1-10(2)9-16-7-3-5-14-12-8-11(13)4-6-15-12/h4,6,8,10H,3,5,7,9H2,1-2H3,(H3,13,14,15). The van der Waals surface area contributed by atoms with Gasteiger partial charge in [-0.1, -0.05) is 13.8 Å². The van der Waals surface area contributed by atoms with E-state index >= 15 is 0 Å². The third kappa shape index (κ3) is 5.56. The van der Waals surface area contributed by atoms with Gasteiger partial charge in [0.1, 0.15) is 5.82 Å². The zero-order valence-corrected chi connectivity index (χ0v) is 10.1. The zero-order chi connectivity index (χ0) is 11.8. The average molecular weight is 223 g/mol. The maximum Gasteiger partial charge on any atom is 0.127 e. The van der Waals surface area contributed by atoms with Crippen molar-refractivity contribution in [2.45, 2.75) is 20.3 Å². The third-order valence-corrected chi connectivity index (χ3v) is 2.01. The smallest absolute Gasteiger partial charge is 0.127 e. The quantitative estimate of drug-likeness (QED) is 0.695. The molecule has 16 heavy (non-hydrogen) atoms. The van der Waals surface area contributed by atoms with Gasteiger partial charge in [0.25, 0.3) is 0 Å². The molecule has 0 fully saturated rings. The summed E-state index contributed by atoms with van der Waals surface area (Å²) in [6.07, 6.45) is 2.68. The molecule has 0 atom stereocenters. The lowest BCUT2D eigenvalue weighted by molar-refractivity contribution is 0.110. The molecular formula is C12H21N3O. The molecule has 1 heterocycles. The van der Waals surface area contributed by atoms with Crippen LogP contribution in [0.3, 0.4) is 0 Å². The Labute approximate surface area is 97.2 Å². The monoisotopic (exact) mass is 223 g/mol. The van der Waals surface area contributed by atoms with E-state index in [0.29, 0.717) is 5.92 Å². The summed E-state index contributed by atoms with van der Waals surface area (Å²) in [5, 5.41) is 3.20. The second kappa shape index (κ2) is 7.06. The van der Waals surface area contributed by atoms with Crippen molar-refractivity contribution in [3.05, 3.63) is 18.3 Å². The molecule has 0 amide bonds. The molecule has 3 N–H and O–H groups in total. The van der Waals surface area contributed by atoms with Gasteiger partial charge < -0.3 is 15.8 Å². The molecule has 1 aromatic rings. The number of nitrogens with two attached hydrogens (primary N) is 1. The number of hydrogen-bond donors (Lipinski definition) is 2. The molecular weight excluding hydrogens is 202 g/mol.